The summed E-state index contributed by atoms with van der Waals surface area (Å²) in [4.78, 5) is 21.4. The number of methoxy groups -OCH3 is 1. The highest BCUT2D eigenvalue weighted by Crippen LogP contribution is 2.31. The van der Waals surface area contributed by atoms with Gasteiger partial charge in [0.1, 0.15) is 0 Å². The minimum absolute atomic E-state index is 0.0188. The molecule has 30 heavy (non-hydrogen) atoms. The lowest BCUT2D eigenvalue weighted by Crippen LogP contribution is -2.32. The normalized spacial score (nSPS) is 12.5. The number of sulfonamides is 1. The zero-order chi connectivity index (χ0) is 22.9. The van der Waals surface area contributed by atoms with E-state index in [0.29, 0.717) is 22.0 Å². The van der Waals surface area contributed by atoms with Crippen molar-refractivity contribution in [2.75, 3.05) is 7.11 Å². The third-order valence-electron chi connectivity index (χ3n) is 4.45. The third kappa shape index (κ3) is 5.55. The second-order valence-corrected chi connectivity index (χ2v) is 11.1. The molecule has 0 aliphatic rings. The highest BCUT2D eigenvalue weighted by Gasteiger charge is 2.27. The van der Waals surface area contributed by atoms with E-state index in [0.717, 1.165) is 16.9 Å². The van der Waals surface area contributed by atoms with Gasteiger partial charge in [0.05, 0.1) is 29.7 Å². The highest BCUT2D eigenvalue weighted by atomic mass is 32.2. The first kappa shape index (κ1) is 24.2. The van der Waals surface area contributed by atoms with Gasteiger partial charge < -0.3 is 9.84 Å². The van der Waals surface area contributed by atoms with Crippen LogP contribution in [0.25, 0.3) is 0 Å². The van der Waals surface area contributed by atoms with Gasteiger partial charge in [0.25, 0.3) is 10.0 Å². The number of amides is 1. The molecule has 2 N–H and O–H groups in total. The second-order valence-electron chi connectivity index (χ2n) is 8.18. The molecule has 0 fully saturated rings. The summed E-state index contributed by atoms with van der Waals surface area (Å²) < 4.78 is 32.3. The number of carbonyl (C=O) groups excluding carboxylic acids is 1. The van der Waals surface area contributed by atoms with E-state index in [-0.39, 0.29) is 22.6 Å². The first-order valence-corrected chi connectivity index (χ1v) is 11.9. The predicted molar refractivity (Wildman–Crippen MR) is 115 cm³/mol. The molecule has 0 atom stereocenters. The van der Waals surface area contributed by atoms with Gasteiger partial charge in [0.2, 0.25) is 16.1 Å². The lowest BCUT2D eigenvalue weighted by Gasteiger charge is -2.20. The summed E-state index contributed by atoms with van der Waals surface area (Å²) in [6.07, 6.45) is 1.16. The number of hydrogen-bond donors (Lipinski definition) is 2. The molecule has 0 aliphatic heterocycles. The molecule has 0 radical (unpaired) electrons. The first-order chi connectivity index (χ1) is 13.8. The molecule has 0 aromatic carbocycles. The number of thiazole rings is 1. The molecule has 0 aliphatic carbocycles. The molecule has 2 aromatic heterocycles. The van der Waals surface area contributed by atoms with Gasteiger partial charge in [-0.15, -0.1) is 11.3 Å². The smallest absolute Gasteiger partial charge is 0.291 e. The fourth-order valence-electron chi connectivity index (χ4n) is 2.93. The van der Waals surface area contributed by atoms with Crippen LogP contribution in [-0.2, 0) is 26.8 Å². The minimum atomic E-state index is -4.15. The standard InChI is InChI=1S/C20H29N3O5S2/c1-11(2)13-9-17(28-7)22-18(12(3)4)14(13)8-16(24)23-30(26,27)19-21-10-15(29-19)20(5,6)25/h9-12,25H,8H2,1-7H3,(H,23,24). The fourth-order valence-corrected chi connectivity index (χ4v) is 5.06. The molecule has 0 bridgehead atoms. The maximum absolute atomic E-state index is 12.7. The molecular formula is C20H29N3O5S2. The number of aliphatic hydroxyl groups is 1. The second kappa shape index (κ2) is 8.99. The van der Waals surface area contributed by atoms with E-state index in [9.17, 15) is 18.3 Å². The number of nitrogens with zero attached hydrogens (tertiary/aromatic N) is 2. The number of hydrogen-bond acceptors (Lipinski definition) is 8. The van der Waals surface area contributed by atoms with Gasteiger partial charge in [0, 0.05) is 12.3 Å². The summed E-state index contributed by atoms with van der Waals surface area (Å²) in [5, 5.41) is 10.0. The Balaban J connectivity index is 2.34. The molecule has 0 spiro atoms. The van der Waals surface area contributed by atoms with Crippen LogP contribution in [0.4, 0.5) is 0 Å². The Morgan fingerprint density at radius 1 is 1.27 bits per heavy atom. The Labute approximate surface area is 181 Å². The maximum atomic E-state index is 12.7. The van der Waals surface area contributed by atoms with Gasteiger partial charge in [-0.25, -0.2) is 14.7 Å². The van der Waals surface area contributed by atoms with E-state index in [1.807, 2.05) is 27.7 Å². The lowest BCUT2D eigenvalue weighted by atomic mass is 9.91. The molecule has 166 valence electrons. The van der Waals surface area contributed by atoms with Gasteiger partial charge in [0.15, 0.2) is 0 Å². The number of ether oxygens (including phenoxy) is 1. The number of nitrogens with one attached hydrogen (secondary N) is 1. The number of aromatic nitrogens is 2. The van der Waals surface area contributed by atoms with Crippen LogP contribution in [0, 0.1) is 0 Å². The maximum Gasteiger partial charge on any atom is 0.291 e. The Morgan fingerprint density at radius 3 is 2.37 bits per heavy atom. The van der Waals surface area contributed by atoms with Crippen LogP contribution in [0.5, 0.6) is 5.88 Å². The van der Waals surface area contributed by atoms with Crippen molar-refractivity contribution < 1.29 is 23.1 Å². The molecule has 1 amide bonds. The third-order valence-corrected chi connectivity index (χ3v) is 7.52. The number of pyridine rings is 1. The van der Waals surface area contributed by atoms with Crippen molar-refractivity contribution in [1.82, 2.24) is 14.7 Å². The van der Waals surface area contributed by atoms with E-state index in [1.54, 1.807) is 6.07 Å². The van der Waals surface area contributed by atoms with Crippen molar-refractivity contribution in [2.45, 2.75) is 69.7 Å². The monoisotopic (exact) mass is 455 g/mol. The Bertz CT molecular complexity index is 992. The topological polar surface area (TPSA) is 118 Å². The first-order valence-electron chi connectivity index (χ1n) is 9.58. The molecule has 10 heteroatoms. The Kier molecular flexibility index (Phi) is 7.26. The van der Waals surface area contributed by atoms with Crippen molar-refractivity contribution in [3.63, 3.8) is 0 Å². The molecule has 0 saturated heterocycles. The van der Waals surface area contributed by atoms with E-state index in [1.165, 1.54) is 27.2 Å². The summed E-state index contributed by atoms with van der Waals surface area (Å²) in [6, 6.07) is 1.78. The fraction of sp³-hybridized carbons (Fsp3) is 0.550. The zero-order valence-electron chi connectivity index (χ0n) is 18.3. The van der Waals surface area contributed by atoms with Crippen molar-refractivity contribution in [1.29, 1.82) is 0 Å². The van der Waals surface area contributed by atoms with Gasteiger partial charge in [-0.3, -0.25) is 4.79 Å². The van der Waals surface area contributed by atoms with Crippen LogP contribution in [0.2, 0.25) is 0 Å². The van der Waals surface area contributed by atoms with Crippen LogP contribution in [0.15, 0.2) is 16.6 Å². The number of rotatable bonds is 8. The minimum Gasteiger partial charge on any atom is -0.481 e. The average molecular weight is 456 g/mol. The Hall–Kier alpha value is -2.04. The SMILES string of the molecule is COc1cc(C(C)C)c(CC(=O)NS(=O)(=O)c2ncc(C(C)(C)O)s2)c(C(C)C)n1. The van der Waals surface area contributed by atoms with Crippen molar-refractivity contribution in [3.05, 3.63) is 34.0 Å². The predicted octanol–water partition coefficient (Wildman–Crippen LogP) is 3.07. The highest BCUT2D eigenvalue weighted by molar-refractivity contribution is 7.92. The summed E-state index contributed by atoms with van der Waals surface area (Å²) in [7, 11) is -2.61. The molecule has 0 unspecified atom stereocenters. The van der Waals surface area contributed by atoms with Gasteiger partial charge >= 0.3 is 0 Å². The molecule has 2 heterocycles. The van der Waals surface area contributed by atoms with Crippen LogP contribution in [0.3, 0.4) is 0 Å². The summed E-state index contributed by atoms with van der Waals surface area (Å²) >= 11 is 0.823. The van der Waals surface area contributed by atoms with E-state index >= 15 is 0 Å². The summed E-state index contributed by atoms with van der Waals surface area (Å²) in [5.74, 6) is -0.107. The van der Waals surface area contributed by atoms with Gasteiger partial charge in [-0.1, -0.05) is 27.7 Å². The lowest BCUT2D eigenvalue weighted by molar-refractivity contribution is -0.118. The quantitative estimate of drug-likeness (QED) is 0.628. The van der Waals surface area contributed by atoms with Crippen LogP contribution >= 0.6 is 11.3 Å². The van der Waals surface area contributed by atoms with E-state index in [4.69, 9.17) is 4.74 Å². The molecule has 8 nitrogen and oxygen atoms in total. The molecular weight excluding hydrogens is 426 g/mol. The van der Waals surface area contributed by atoms with Gasteiger partial charge in [-0.05, 0) is 36.8 Å². The van der Waals surface area contributed by atoms with Crippen LogP contribution in [0.1, 0.15) is 75.1 Å². The van der Waals surface area contributed by atoms with E-state index < -0.39 is 21.5 Å². The van der Waals surface area contributed by atoms with Crippen molar-refractivity contribution in [2.24, 2.45) is 0 Å². The number of carbonyl (C=O) groups is 1. The molecule has 0 saturated carbocycles. The summed E-state index contributed by atoms with van der Waals surface area (Å²) in [6.45, 7) is 11.0. The van der Waals surface area contributed by atoms with Crippen LogP contribution in [-0.4, -0.2) is 36.5 Å². The van der Waals surface area contributed by atoms with Crippen molar-refractivity contribution >= 4 is 27.3 Å². The van der Waals surface area contributed by atoms with Gasteiger partial charge in [-0.2, -0.15) is 8.42 Å². The zero-order valence-corrected chi connectivity index (χ0v) is 19.9. The largest absolute Gasteiger partial charge is 0.481 e. The molecule has 2 aromatic rings. The van der Waals surface area contributed by atoms with Crippen LogP contribution < -0.4 is 9.46 Å². The average Bonchev–Trinajstić information content (AvgIpc) is 3.12. The molecule has 2 rings (SSSR count). The van der Waals surface area contributed by atoms with E-state index in [2.05, 4.69) is 14.7 Å². The summed E-state index contributed by atoms with van der Waals surface area (Å²) in [5.41, 5.74) is 1.06. The Morgan fingerprint density at radius 2 is 1.90 bits per heavy atom. The van der Waals surface area contributed by atoms with Crippen molar-refractivity contribution in [3.8, 4) is 5.88 Å².